The quantitative estimate of drug-likeness (QED) is 0.638. The number of ether oxygens (including phenoxy) is 1. The Hall–Kier alpha value is -3.20. The maximum absolute atomic E-state index is 12.1. The number of amides is 2. The Morgan fingerprint density at radius 2 is 2.04 bits per heavy atom. The van der Waals surface area contributed by atoms with Gasteiger partial charge in [0, 0.05) is 29.0 Å². The van der Waals surface area contributed by atoms with E-state index >= 15 is 0 Å². The monoisotopic (exact) mass is 372 g/mol. The molecule has 3 aromatic rings. The van der Waals surface area contributed by atoms with Gasteiger partial charge in [-0.25, -0.2) is 4.98 Å². The first-order valence-corrected chi connectivity index (χ1v) is 8.61. The molecule has 9 heteroatoms. The number of primary amides is 1. The molecule has 2 heterocycles. The molecular formula is C17H16N4O4S. The van der Waals surface area contributed by atoms with Gasteiger partial charge in [-0.3, -0.25) is 18.8 Å². The molecule has 3 N–H and O–H groups in total. The molecule has 0 aliphatic heterocycles. The molecule has 3 rings (SSSR count). The molecule has 134 valence electrons. The topological polar surface area (TPSA) is 116 Å². The summed E-state index contributed by atoms with van der Waals surface area (Å²) in [6, 6.07) is 6.09. The van der Waals surface area contributed by atoms with E-state index < -0.39 is 23.9 Å². The average molecular weight is 372 g/mol. The first kappa shape index (κ1) is 17.6. The van der Waals surface area contributed by atoms with Crippen molar-refractivity contribution in [3.8, 4) is 0 Å². The van der Waals surface area contributed by atoms with Gasteiger partial charge in [-0.05, 0) is 31.2 Å². The van der Waals surface area contributed by atoms with Gasteiger partial charge in [-0.15, -0.1) is 11.3 Å². The number of fused-ring (bicyclic) bond motifs is 1. The number of esters is 1. The number of hydrogen-bond acceptors (Lipinski definition) is 6. The first-order chi connectivity index (χ1) is 12.4. The zero-order chi connectivity index (χ0) is 18.7. The van der Waals surface area contributed by atoms with Crippen LogP contribution in [0.25, 0.3) is 4.96 Å². The van der Waals surface area contributed by atoms with E-state index in [1.807, 2.05) is 16.0 Å². The average Bonchev–Trinajstić information content (AvgIpc) is 3.16. The molecule has 8 nitrogen and oxygen atoms in total. The molecule has 0 aliphatic carbocycles. The van der Waals surface area contributed by atoms with Crippen LogP contribution in [0.1, 0.15) is 23.0 Å². The lowest BCUT2D eigenvalue weighted by molar-refractivity contribution is -0.152. The summed E-state index contributed by atoms with van der Waals surface area (Å²) in [5, 5.41) is 4.50. The molecule has 2 amide bonds. The van der Waals surface area contributed by atoms with E-state index in [2.05, 4.69) is 10.3 Å². The van der Waals surface area contributed by atoms with Crippen molar-refractivity contribution in [3.63, 3.8) is 0 Å². The van der Waals surface area contributed by atoms with Gasteiger partial charge in [-0.1, -0.05) is 0 Å². The van der Waals surface area contributed by atoms with E-state index in [0.29, 0.717) is 16.9 Å². The summed E-state index contributed by atoms with van der Waals surface area (Å²) >= 11 is 1.46. The van der Waals surface area contributed by atoms with E-state index in [-0.39, 0.29) is 6.42 Å². The Morgan fingerprint density at radius 3 is 2.69 bits per heavy atom. The number of aromatic nitrogens is 2. The number of hydrogen-bond donors (Lipinski definition) is 2. The second-order valence-electron chi connectivity index (χ2n) is 5.56. The van der Waals surface area contributed by atoms with Gasteiger partial charge >= 0.3 is 5.97 Å². The third-order valence-corrected chi connectivity index (χ3v) is 4.35. The lowest BCUT2D eigenvalue weighted by Crippen LogP contribution is -2.30. The van der Waals surface area contributed by atoms with Crippen molar-refractivity contribution in [2.45, 2.75) is 19.4 Å². The highest BCUT2D eigenvalue weighted by Crippen LogP contribution is 2.13. The molecule has 1 atom stereocenters. The van der Waals surface area contributed by atoms with Gasteiger partial charge in [0.1, 0.15) is 0 Å². The molecule has 1 aromatic carbocycles. The van der Waals surface area contributed by atoms with Gasteiger partial charge in [0.15, 0.2) is 11.1 Å². The fourth-order valence-corrected chi connectivity index (χ4v) is 2.98. The number of imidazole rings is 1. The number of rotatable bonds is 6. The SMILES string of the molecule is C[C@@H](OC(=O)Cc1cn2ccsc2n1)C(=O)Nc1ccc(C(N)=O)cc1. The Bertz CT molecular complexity index is 932. The molecule has 0 bridgehead atoms. The van der Waals surface area contributed by atoms with Crippen LogP contribution in [0, 0.1) is 0 Å². The summed E-state index contributed by atoms with van der Waals surface area (Å²) in [7, 11) is 0. The zero-order valence-corrected chi connectivity index (χ0v) is 14.7. The normalized spacial score (nSPS) is 11.9. The van der Waals surface area contributed by atoms with Crippen LogP contribution in [0.4, 0.5) is 5.69 Å². The fourth-order valence-electron chi connectivity index (χ4n) is 2.26. The smallest absolute Gasteiger partial charge is 0.312 e. The van der Waals surface area contributed by atoms with Gasteiger partial charge in [-0.2, -0.15) is 0 Å². The maximum atomic E-state index is 12.1. The Balaban J connectivity index is 1.53. The van der Waals surface area contributed by atoms with E-state index in [9.17, 15) is 14.4 Å². The standard InChI is InChI=1S/C17H16N4O4S/c1-10(16(24)19-12-4-2-11(3-5-12)15(18)23)25-14(22)8-13-9-21-6-7-26-17(21)20-13/h2-7,9-10H,8H2,1H3,(H2,18,23)(H,19,24)/t10-/m1/s1. The van der Waals surface area contributed by atoms with Crippen molar-refractivity contribution in [2.75, 3.05) is 5.32 Å². The Kier molecular flexibility index (Phi) is 4.99. The largest absolute Gasteiger partial charge is 0.452 e. The predicted octanol–water partition coefficient (Wildman–Crippen LogP) is 1.61. The fraction of sp³-hybridized carbons (Fsp3) is 0.176. The Labute approximate surface area is 152 Å². The van der Waals surface area contributed by atoms with E-state index in [1.165, 1.54) is 30.4 Å². The predicted molar refractivity (Wildman–Crippen MR) is 95.9 cm³/mol. The number of nitrogens with one attached hydrogen (secondary N) is 1. The van der Waals surface area contributed by atoms with Crippen LogP contribution in [0.3, 0.4) is 0 Å². The number of carbonyl (C=O) groups is 3. The summed E-state index contributed by atoms with van der Waals surface area (Å²) < 4.78 is 6.97. The lowest BCUT2D eigenvalue weighted by atomic mass is 10.2. The van der Waals surface area contributed by atoms with Gasteiger partial charge < -0.3 is 15.8 Å². The van der Waals surface area contributed by atoms with Crippen molar-refractivity contribution in [1.82, 2.24) is 9.38 Å². The summed E-state index contributed by atoms with van der Waals surface area (Å²) in [6.45, 7) is 1.48. The highest BCUT2D eigenvalue weighted by atomic mass is 32.1. The van der Waals surface area contributed by atoms with E-state index in [0.717, 1.165) is 4.96 Å². The lowest BCUT2D eigenvalue weighted by Gasteiger charge is -2.13. The molecule has 0 radical (unpaired) electrons. The third-order valence-electron chi connectivity index (χ3n) is 3.58. The molecule has 2 aromatic heterocycles. The highest BCUT2D eigenvalue weighted by molar-refractivity contribution is 7.15. The molecule has 0 spiro atoms. The van der Waals surface area contributed by atoms with Crippen molar-refractivity contribution in [1.29, 1.82) is 0 Å². The summed E-state index contributed by atoms with van der Waals surface area (Å²) in [5.41, 5.74) is 6.54. The van der Waals surface area contributed by atoms with Crippen molar-refractivity contribution in [2.24, 2.45) is 5.73 Å². The second kappa shape index (κ2) is 7.36. The van der Waals surface area contributed by atoms with Crippen LogP contribution in [0.5, 0.6) is 0 Å². The second-order valence-corrected chi connectivity index (χ2v) is 6.44. The van der Waals surface area contributed by atoms with Crippen LogP contribution < -0.4 is 11.1 Å². The third kappa shape index (κ3) is 4.06. The molecular weight excluding hydrogens is 356 g/mol. The number of carbonyl (C=O) groups excluding carboxylic acids is 3. The number of thiazole rings is 1. The Morgan fingerprint density at radius 1 is 1.31 bits per heavy atom. The number of anilines is 1. The molecule has 26 heavy (non-hydrogen) atoms. The first-order valence-electron chi connectivity index (χ1n) is 7.73. The van der Waals surface area contributed by atoms with Crippen LogP contribution in [0.15, 0.2) is 42.0 Å². The number of nitrogens with zero attached hydrogens (tertiary/aromatic N) is 2. The van der Waals surface area contributed by atoms with Crippen molar-refractivity contribution in [3.05, 3.63) is 53.3 Å². The van der Waals surface area contributed by atoms with Gasteiger partial charge in [0.05, 0.1) is 12.1 Å². The summed E-state index contributed by atoms with van der Waals surface area (Å²) in [4.78, 5) is 40.2. The van der Waals surface area contributed by atoms with Crippen LogP contribution in [0.2, 0.25) is 0 Å². The van der Waals surface area contributed by atoms with Crippen LogP contribution in [-0.2, 0) is 20.7 Å². The minimum Gasteiger partial charge on any atom is -0.452 e. The van der Waals surface area contributed by atoms with Gasteiger partial charge in [0.25, 0.3) is 5.91 Å². The van der Waals surface area contributed by atoms with Crippen molar-refractivity contribution < 1.29 is 19.1 Å². The minimum atomic E-state index is -0.970. The van der Waals surface area contributed by atoms with E-state index in [4.69, 9.17) is 10.5 Å². The molecule has 0 saturated carbocycles. The van der Waals surface area contributed by atoms with Crippen LogP contribution >= 0.6 is 11.3 Å². The minimum absolute atomic E-state index is 0.0146. The molecule has 0 aliphatic rings. The zero-order valence-electron chi connectivity index (χ0n) is 13.8. The molecule has 0 fully saturated rings. The molecule has 0 unspecified atom stereocenters. The van der Waals surface area contributed by atoms with Crippen LogP contribution in [-0.4, -0.2) is 33.3 Å². The highest BCUT2D eigenvalue weighted by Gasteiger charge is 2.19. The summed E-state index contributed by atoms with van der Waals surface area (Å²) in [5.74, 6) is -1.57. The number of benzene rings is 1. The maximum Gasteiger partial charge on any atom is 0.312 e. The summed E-state index contributed by atoms with van der Waals surface area (Å²) in [6.07, 6.45) is 2.61. The number of nitrogens with two attached hydrogens (primary N) is 1. The molecule has 0 saturated heterocycles. The van der Waals surface area contributed by atoms with E-state index in [1.54, 1.807) is 18.3 Å². The van der Waals surface area contributed by atoms with Crippen molar-refractivity contribution >= 4 is 39.8 Å². The van der Waals surface area contributed by atoms with Gasteiger partial charge in [0.2, 0.25) is 5.91 Å².